The first-order chi connectivity index (χ1) is 9.09. The van der Waals surface area contributed by atoms with Crippen LogP contribution in [0, 0.1) is 16.0 Å². The molecular formula is C10H12ClN5O3. The topological polar surface area (TPSA) is 110 Å². The van der Waals surface area contributed by atoms with Gasteiger partial charge >= 0.3 is 5.69 Å². The van der Waals surface area contributed by atoms with Crippen LogP contribution in [0.15, 0.2) is 6.33 Å². The third-order valence-electron chi connectivity index (χ3n) is 2.63. The molecule has 1 aromatic rings. The van der Waals surface area contributed by atoms with Gasteiger partial charge in [-0.05, 0) is 12.8 Å². The number of nitro groups is 1. The average molecular weight is 286 g/mol. The number of nitrogens with zero attached hydrogens (tertiary/aromatic N) is 3. The number of aromatic nitrogens is 2. The Bertz CT molecular complexity index is 506. The van der Waals surface area contributed by atoms with Crippen molar-refractivity contribution in [1.82, 2.24) is 15.3 Å². The maximum atomic E-state index is 11.4. The molecule has 0 aliphatic heterocycles. The van der Waals surface area contributed by atoms with Crippen LogP contribution in [0.5, 0.6) is 0 Å². The fraction of sp³-hybridized carbons (Fsp3) is 0.500. The summed E-state index contributed by atoms with van der Waals surface area (Å²) in [5.74, 6) is 0.213. The molecule has 1 amide bonds. The highest BCUT2D eigenvalue weighted by Crippen LogP contribution is 2.29. The van der Waals surface area contributed by atoms with Crippen LogP contribution >= 0.6 is 11.6 Å². The van der Waals surface area contributed by atoms with Gasteiger partial charge in [-0.1, -0.05) is 11.6 Å². The van der Waals surface area contributed by atoms with Crippen LogP contribution in [0.1, 0.15) is 12.8 Å². The number of anilines is 1. The summed E-state index contributed by atoms with van der Waals surface area (Å²) in [6.45, 7) is 0.695. The van der Waals surface area contributed by atoms with Gasteiger partial charge in [0.2, 0.25) is 16.9 Å². The standard InChI is InChI=1S/C10H12ClN5O3/c11-8-7(16(18)19)9(15-5-14-8)12-3-4-13-10(17)6-1-2-6/h5-6H,1-4H2,(H,13,17)(H,12,14,15). The van der Waals surface area contributed by atoms with Crippen molar-refractivity contribution >= 4 is 29.0 Å². The molecule has 0 atom stereocenters. The Kier molecular flexibility index (Phi) is 4.10. The monoisotopic (exact) mass is 285 g/mol. The third-order valence-corrected chi connectivity index (χ3v) is 2.90. The molecule has 1 aromatic heterocycles. The minimum absolute atomic E-state index is 0.0250. The Morgan fingerprint density at radius 2 is 2.21 bits per heavy atom. The summed E-state index contributed by atoms with van der Waals surface area (Å²) in [4.78, 5) is 28.8. The summed E-state index contributed by atoms with van der Waals surface area (Å²) >= 11 is 5.63. The van der Waals surface area contributed by atoms with Crippen LogP contribution in [-0.2, 0) is 4.79 Å². The lowest BCUT2D eigenvalue weighted by atomic mass is 10.4. The van der Waals surface area contributed by atoms with E-state index in [1.54, 1.807) is 0 Å². The van der Waals surface area contributed by atoms with Gasteiger partial charge in [0.1, 0.15) is 6.33 Å². The summed E-state index contributed by atoms with van der Waals surface area (Å²) in [6, 6.07) is 0. The fourth-order valence-corrected chi connectivity index (χ4v) is 1.71. The van der Waals surface area contributed by atoms with Crippen molar-refractivity contribution in [2.24, 2.45) is 5.92 Å². The summed E-state index contributed by atoms with van der Waals surface area (Å²) in [7, 11) is 0. The Hall–Kier alpha value is -1.96. The Morgan fingerprint density at radius 1 is 1.47 bits per heavy atom. The first-order valence-electron chi connectivity index (χ1n) is 5.76. The molecule has 0 unspecified atom stereocenters. The minimum Gasteiger partial charge on any atom is -0.362 e. The molecule has 8 nitrogen and oxygen atoms in total. The van der Waals surface area contributed by atoms with E-state index in [1.807, 2.05) is 0 Å². The van der Waals surface area contributed by atoms with Crippen molar-refractivity contribution in [1.29, 1.82) is 0 Å². The molecule has 0 bridgehead atoms. The second-order valence-electron chi connectivity index (χ2n) is 4.11. The largest absolute Gasteiger partial charge is 0.362 e. The van der Waals surface area contributed by atoms with E-state index in [4.69, 9.17) is 11.6 Å². The normalized spacial score (nSPS) is 13.9. The van der Waals surface area contributed by atoms with Crippen molar-refractivity contribution < 1.29 is 9.72 Å². The van der Waals surface area contributed by atoms with Gasteiger partial charge in [-0.15, -0.1) is 0 Å². The van der Waals surface area contributed by atoms with E-state index >= 15 is 0 Å². The van der Waals surface area contributed by atoms with Crippen molar-refractivity contribution in [3.8, 4) is 0 Å². The van der Waals surface area contributed by atoms with Gasteiger partial charge in [0, 0.05) is 19.0 Å². The van der Waals surface area contributed by atoms with Gasteiger partial charge in [-0.2, -0.15) is 0 Å². The van der Waals surface area contributed by atoms with Crippen LogP contribution in [0.2, 0.25) is 5.15 Å². The van der Waals surface area contributed by atoms with E-state index in [2.05, 4.69) is 20.6 Å². The number of rotatable bonds is 6. The molecule has 1 aliphatic rings. The van der Waals surface area contributed by atoms with E-state index in [9.17, 15) is 14.9 Å². The molecule has 1 saturated carbocycles. The minimum atomic E-state index is -0.645. The maximum Gasteiger partial charge on any atom is 0.348 e. The lowest BCUT2D eigenvalue weighted by Crippen LogP contribution is -2.30. The molecule has 2 rings (SSSR count). The lowest BCUT2D eigenvalue weighted by Gasteiger charge is -2.07. The lowest BCUT2D eigenvalue weighted by molar-refractivity contribution is -0.384. The smallest absolute Gasteiger partial charge is 0.348 e. The van der Waals surface area contributed by atoms with Crippen molar-refractivity contribution in [3.05, 3.63) is 21.6 Å². The van der Waals surface area contributed by atoms with Crippen molar-refractivity contribution in [3.63, 3.8) is 0 Å². The highest BCUT2D eigenvalue weighted by molar-refractivity contribution is 6.31. The van der Waals surface area contributed by atoms with Gasteiger partial charge in [0.15, 0.2) is 0 Å². The molecule has 9 heteroatoms. The third kappa shape index (κ3) is 3.50. The molecule has 19 heavy (non-hydrogen) atoms. The van der Waals surface area contributed by atoms with Crippen LogP contribution < -0.4 is 10.6 Å². The molecule has 102 valence electrons. The summed E-state index contributed by atoms with van der Waals surface area (Å²) in [6.07, 6.45) is 3.01. The summed E-state index contributed by atoms with van der Waals surface area (Å²) in [5.41, 5.74) is -0.363. The van der Waals surface area contributed by atoms with Crippen LogP contribution in [0.25, 0.3) is 0 Å². The second kappa shape index (κ2) is 5.79. The number of amides is 1. The van der Waals surface area contributed by atoms with Crippen LogP contribution in [0.3, 0.4) is 0 Å². The first-order valence-corrected chi connectivity index (χ1v) is 6.14. The molecule has 0 aromatic carbocycles. The SMILES string of the molecule is O=C(NCCNc1ncnc(Cl)c1[N+](=O)[O-])C1CC1. The predicted octanol–water partition coefficient (Wildman–Crippen LogP) is 0.976. The predicted molar refractivity (Wildman–Crippen MR) is 67.9 cm³/mol. The molecule has 0 radical (unpaired) electrons. The van der Waals surface area contributed by atoms with Gasteiger partial charge in [0.05, 0.1) is 4.92 Å². The Morgan fingerprint density at radius 3 is 2.84 bits per heavy atom. The zero-order valence-corrected chi connectivity index (χ0v) is 10.7. The Balaban J connectivity index is 1.86. The van der Waals surface area contributed by atoms with Gasteiger partial charge in [-0.25, -0.2) is 9.97 Å². The number of nitrogens with one attached hydrogen (secondary N) is 2. The zero-order chi connectivity index (χ0) is 13.8. The van der Waals surface area contributed by atoms with E-state index in [0.717, 1.165) is 19.2 Å². The first kappa shape index (κ1) is 13.5. The van der Waals surface area contributed by atoms with Crippen molar-refractivity contribution in [2.75, 3.05) is 18.4 Å². The average Bonchev–Trinajstić information content (AvgIpc) is 3.18. The maximum absolute atomic E-state index is 11.4. The number of halogens is 1. The number of hydrogen-bond acceptors (Lipinski definition) is 6. The van der Waals surface area contributed by atoms with Crippen LogP contribution in [-0.4, -0.2) is 33.9 Å². The van der Waals surface area contributed by atoms with E-state index < -0.39 is 4.92 Å². The van der Waals surface area contributed by atoms with E-state index in [-0.39, 0.29) is 28.5 Å². The second-order valence-corrected chi connectivity index (χ2v) is 4.47. The zero-order valence-electron chi connectivity index (χ0n) is 9.93. The van der Waals surface area contributed by atoms with E-state index in [1.165, 1.54) is 0 Å². The van der Waals surface area contributed by atoms with E-state index in [0.29, 0.717) is 13.1 Å². The molecule has 1 aliphatic carbocycles. The van der Waals surface area contributed by atoms with Crippen molar-refractivity contribution in [2.45, 2.75) is 12.8 Å². The molecule has 2 N–H and O–H groups in total. The van der Waals surface area contributed by atoms with Gasteiger partial charge in [-0.3, -0.25) is 14.9 Å². The molecule has 0 spiro atoms. The molecule has 0 saturated heterocycles. The molecule has 1 fully saturated rings. The summed E-state index contributed by atoms with van der Waals surface area (Å²) < 4.78 is 0. The van der Waals surface area contributed by atoms with Gasteiger partial charge < -0.3 is 10.6 Å². The highest BCUT2D eigenvalue weighted by atomic mass is 35.5. The fourth-order valence-electron chi connectivity index (χ4n) is 1.50. The quantitative estimate of drug-likeness (QED) is 0.349. The number of carbonyl (C=O) groups excluding carboxylic acids is 1. The number of carbonyl (C=O) groups is 1. The molecular weight excluding hydrogens is 274 g/mol. The summed E-state index contributed by atoms with van der Waals surface area (Å²) in [5, 5.41) is 16.1. The molecule has 1 heterocycles. The van der Waals surface area contributed by atoms with Crippen LogP contribution in [0.4, 0.5) is 11.5 Å². The Labute approximate surface area is 113 Å². The number of hydrogen-bond donors (Lipinski definition) is 2. The highest BCUT2D eigenvalue weighted by Gasteiger charge is 2.29. The van der Waals surface area contributed by atoms with Gasteiger partial charge in [0.25, 0.3) is 0 Å².